The van der Waals surface area contributed by atoms with Crippen LogP contribution in [0.4, 0.5) is 0 Å². The summed E-state index contributed by atoms with van der Waals surface area (Å²) in [6.07, 6.45) is 0.150. The second kappa shape index (κ2) is 7.78. The monoisotopic (exact) mass is 396 g/mol. The van der Waals surface area contributed by atoms with Gasteiger partial charge in [-0.1, -0.05) is 29.8 Å². The molecule has 1 aliphatic rings. The first-order valence-corrected chi connectivity index (χ1v) is 9.65. The normalized spacial score (nSPS) is 17.1. The zero-order valence-electron chi connectivity index (χ0n) is 15.6. The van der Waals surface area contributed by atoms with Crippen molar-refractivity contribution in [3.8, 4) is 0 Å². The molecular formula is C22H21ClN2O3. The number of hydrogen-bond acceptors (Lipinski definition) is 3. The number of hydrogen-bond donors (Lipinski definition) is 1. The van der Waals surface area contributed by atoms with Crippen molar-refractivity contribution >= 4 is 28.4 Å². The number of nitrogens with zero attached hydrogens (tertiary/aromatic N) is 1. The Bertz CT molecular complexity index is 1090. The molecule has 1 saturated heterocycles. The molecule has 4 rings (SSSR count). The zero-order valence-corrected chi connectivity index (χ0v) is 16.3. The third kappa shape index (κ3) is 3.96. The van der Waals surface area contributed by atoms with Crippen LogP contribution in [0.5, 0.6) is 0 Å². The number of ether oxygens (including phenoxy) is 1. The molecule has 1 unspecified atom stereocenters. The first-order valence-electron chi connectivity index (χ1n) is 9.27. The maximum absolute atomic E-state index is 12.9. The summed E-state index contributed by atoms with van der Waals surface area (Å²) in [5, 5.41) is 1.59. The summed E-state index contributed by atoms with van der Waals surface area (Å²) < 4.78 is 5.85. The molecular weight excluding hydrogens is 376 g/mol. The summed E-state index contributed by atoms with van der Waals surface area (Å²) in [6.45, 7) is 3.37. The Balaban J connectivity index is 1.49. The molecule has 3 aromatic rings. The Kier molecular flexibility index (Phi) is 5.20. The fourth-order valence-corrected chi connectivity index (χ4v) is 3.74. The minimum absolute atomic E-state index is 0.0656. The van der Waals surface area contributed by atoms with Crippen LogP contribution in [-0.4, -0.2) is 35.5 Å². The molecule has 0 aliphatic carbocycles. The lowest BCUT2D eigenvalue weighted by atomic mass is 10.0. The van der Waals surface area contributed by atoms with E-state index in [1.165, 1.54) is 0 Å². The van der Waals surface area contributed by atoms with Crippen molar-refractivity contribution in [2.45, 2.75) is 19.4 Å². The number of aryl methyl sites for hydroxylation is 1. The van der Waals surface area contributed by atoms with Crippen LogP contribution < -0.4 is 5.56 Å². The van der Waals surface area contributed by atoms with Crippen LogP contribution >= 0.6 is 11.6 Å². The predicted octanol–water partition coefficient (Wildman–Crippen LogP) is 3.63. The molecule has 2 aromatic carbocycles. The van der Waals surface area contributed by atoms with Gasteiger partial charge in [0, 0.05) is 22.6 Å². The number of carbonyl (C=O) groups excluding carboxylic acids is 1. The van der Waals surface area contributed by atoms with Crippen molar-refractivity contribution < 1.29 is 9.53 Å². The molecule has 1 atom stereocenters. The van der Waals surface area contributed by atoms with Gasteiger partial charge in [-0.05, 0) is 53.8 Å². The van der Waals surface area contributed by atoms with Crippen molar-refractivity contribution in [1.29, 1.82) is 0 Å². The molecule has 1 aromatic heterocycles. The number of aromatic nitrogens is 1. The Morgan fingerprint density at radius 2 is 2.11 bits per heavy atom. The van der Waals surface area contributed by atoms with Gasteiger partial charge < -0.3 is 14.6 Å². The Labute approximate surface area is 167 Å². The maximum Gasteiger partial charge on any atom is 0.251 e. The van der Waals surface area contributed by atoms with Gasteiger partial charge in [0.1, 0.15) is 6.10 Å². The van der Waals surface area contributed by atoms with Crippen LogP contribution in [0.25, 0.3) is 10.9 Å². The highest BCUT2D eigenvalue weighted by Gasteiger charge is 2.25. The smallest absolute Gasteiger partial charge is 0.251 e. The van der Waals surface area contributed by atoms with Crippen LogP contribution in [0.3, 0.4) is 0 Å². The summed E-state index contributed by atoms with van der Waals surface area (Å²) >= 11 is 6.08. The van der Waals surface area contributed by atoms with Gasteiger partial charge in [-0.15, -0.1) is 0 Å². The standard InChI is InChI=1S/C22H21ClN2O3/c1-14-9-17-10-15(5-6-19(17)24-22(14)27)11-21(26)25-7-8-28-20(13-25)16-3-2-4-18(23)12-16/h2-6,9-10,12,20H,7-8,11,13H2,1H3,(H,24,27). The van der Waals surface area contributed by atoms with Gasteiger partial charge in [-0.3, -0.25) is 9.59 Å². The number of benzene rings is 2. The number of H-pyrrole nitrogens is 1. The van der Waals surface area contributed by atoms with E-state index in [0.717, 1.165) is 22.0 Å². The van der Waals surface area contributed by atoms with E-state index in [-0.39, 0.29) is 17.6 Å². The maximum atomic E-state index is 12.9. The quantitative estimate of drug-likeness (QED) is 0.735. The third-order valence-corrected chi connectivity index (χ3v) is 5.32. The van der Waals surface area contributed by atoms with E-state index in [1.54, 1.807) is 6.92 Å². The third-order valence-electron chi connectivity index (χ3n) is 5.09. The van der Waals surface area contributed by atoms with Crippen LogP contribution in [0.1, 0.15) is 22.8 Å². The van der Waals surface area contributed by atoms with Gasteiger partial charge >= 0.3 is 0 Å². The Morgan fingerprint density at radius 1 is 1.25 bits per heavy atom. The highest BCUT2D eigenvalue weighted by molar-refractivity contribution is 6.30. The molecule has 144 valence electrons. The van der Waals surface area contributed by atoms with Gasteiger partial charge in [-0.25, -0.2) is 0 Å². The van der Waals surface area contributed by atoms with Crippen molar-refractivity contribution in [3.05, 3.63) is 80.6 Å². The summed E-state index contributed by atoms with van der Waals surface area (Å²) in [6, 6.07) is 15.1. The number of fused-ring (bicyclic) bond motifs is 1. The zero-order chi connectivity index (χ0) is 19.7. The molecule has 1 fully saturated rings. The highest BCUT2D eigenvalue weighted by atomic mass is 35.5. The number of aromatic amines is 1. The molecule has 1 aliphatic heterocycles. The first kappa shape index (κ1) is 18.7. The van der Waals surface area contributed by atoms with E-state index in [9.17, 15) is 9.59 Å². The van der Waals surface area contributed by atoms with Crippen molar-refractivity contribution in [1.82, 2.24) is 9.88 Å². The van der Waals surface area contributed by atoms with E-state index in [1.807, 2.05) is 53.4 Å². The lowest BCUT2D eigenvalue weighted by Crippen LogP contribution is -2.43. The van der Waals surface area contributed by atoms with E-state index in [4.69, 9.17) is 16.3 Å². The van der Waals surface area contributed by atoms with Crippen LogP contribution in [0.2, 0.25) is 5.02 Å². The summed E-state index contributed by atoms with van der Waals surface area (Å²) in [5.41, 5.74) is 3.26. The average Bonchev–Trinajstić information content (AvgIpc) is 2.69. The van der Waals surface area contributed by atoms with E-state index < -0.39 is 0 Å². The van der Waals surface area contributed by atoms with E-state index in [0.29, 0.717) is 36.7 Å². The number of halogens is 1. The minimum atomic E-state index is -0.166. The lowest BCUT2D eigenvalue weighted by Gasteiger charge is -2.33. The van der Waals surface area contributed by atoms with Crippen molar-refractivity contribution in [3.63, 3.8) is 0 Å². The van der Waals surface area contributed by atoms with Crippen molar-refractivity contribution in [2.75, 3.05) is 19.7 Å². The number of nitrogens with one attached hydrogen (secondary N) is 1. The molecule has 0 bridgehead atoms. The first-order chi connectivity index (χ1) is 13.5. The number of pyridine rings is 1. The SMILES string of the molecule is Cc1cc2cc(CC(=O)N3CCOC(c4cccc(Cl)c4)C3)ccc2[nH]c1=O. The van der Waals surface area contributed by atoms with E-state index in [2.05, 4.69) is 4.98 Å². The average molecular weight is 397 g/mol. The fraction of sp³-hybridized carbons (Fsp3) is 0.273. The molecule has 1 N–H and O–H groups in total. The Hall–Kier alpha value is -2.63. The fourth-order valence-electron chi connectivity index (χ4n) is 3.55. The molecule has 0 radical (unpaired) electrons. The molecule has 0 saturated carbocycles. The number of carbonyl (C=O) groups is 1. The minimum Gasteiger partial charge on any atom is -0.370 e. The summed E-state index contributed by atoms with van der Waals surface area (Å²) in [4.78, 5) is 29.3. The molecule has 2 heterocycles. The molecule has 6 heteroatoms. The number of rotatable bonds is 3. The van der Waals surface area contributed by atoms with Crippen LogP contribution in [0, 0.1) is 6.92 Å². The van der Waals surface area contributed by atoms with Gasteiger partial charge in [0.05, 0.1) is 19.6 Å². The van der Waals surface area contributed by atoms with Gasteiger partial charge in [-0.2, -0.15) is 0 Å². The van der Waals surface area contributed by atoms with Gasteiger partial charge in [0.25, 0.3) is 5.56 Å². The Morgan fingerprint density at radius 3 is 2.93 bits per heavy atom. The predicted molar refractivity (Wildman–Crippen MR) is 110 cm³/mol. The second-order valence-corrected chi connectivity index (χ2v) is 7.57. The summed E-state index contributed by atoms with van der Waals surface area (Å²) in [5.74, 6) is 0.0656. The van der Waals surface area contributed by atoms with Crippen LogP contribution in [-0.2, 0) is 16.0 Å². The molecule has 28 heavy (non-hydrogen) atoms. The molecule has 1 amide bonds. The molecule has 5 nitrogen and oxygen atoms in total. The largest absolute Gasteiger partial charge is 0.370 e. The number of amides is 1. The van der Waals surface area contributed by atoms with E-state index >= 15 is 0 Å². The number of morpholine rings is 1. The highest BCUT2D eigenvalue weighted by Crippen LogP contribution is 2.25. The van der Waals surface area contributed by atoms with Gasteiger partial charge in [0.15, 0.2) is 0 Å². The van der Waals surface area contributed by atoms with Crippen molar-refractivity contribution in [2.24, 2.45) is 0 Å². The molecule has 0 spiro atoms. The second-order valence-electron chi connectivity index (χ2n) is 7.13. The topological polar surface area (TPSA) is 62.4 Å². The van der Waals surface area contributed by atoms with Gasteiger partial charge in [0.2, 0.25) is 5.91 Å². The lowest BCUT2D eigenvalue weighted by molar-refractivity contribution is -0.138. The van der Waals surface area contributed by atoms with Crippen LogP contribution in [0.15, 0.2) is 53.3 Å². The summed E-state index contributed by atoms with van der Waals surface area (Å²) in [7, 11) is 0.